The minimum Gasteiger partial charge on any atom is -0.493 e. The molecule has 0 aromatic heterocycles. The Hall–Kier alpha value is -2.83. The summed E-state index contributed by atoms with van der Waals surface area (Å²) in [5.41, 5.74) is 0.181. The second-order valence-electron chi connectivity index (χ2n) is 4.67. The normalized spacial score (nSPS) is 10.3. The molecule has 0 aliphatic carbocycles. The Labute approximate surface area is 138 Å². The fraction of sp³-hybridized carbons (Fsp3) is 0.235. The van der Waals surface area contributed by atoms with Gasteiger partial charge in [0.05, 0.1) is 25.8 Å². The standard InChI is InChI=1S/C17H17F2NO4/c1-22-14-8-4-5-9-15(14)23-11-10-16(21)20-12-6-2-3-7-13(12)24-17(18)19/h2-9,17H,10-11H2,1H3,(H,20,21). The lowest BCUT2D eigenvalue weighted by atomic mass is 10.3. The van der Waals surface area contributed by atoms with Gasteiger partial charge in [0, 0.05) is 0 Å². The summed E-state index contributed by atoms with van der Waals surface area (Å²) in [5, 5.41) is 2.52. The predicted octanol–water partition coefficient (Wildman–Crippen LogP) is 3.70. The zero-order valence-corrected chi connectivity index (χ0v) is 13.0. The fourth-order valence-electron chi connectivity index (χ4n) is 1.97. The first-order chi connectivity index (χ1) is 11.6. The zero-order chi connectivity index (χ0) is 17.4. The van der Waals surface area contributed by atoms with Crippen molar-refractivity contribution >= 4 is 11.6 Å². The number of rotatable bonds is 8. The lowest BCUT2D eigenvalue weighted by Gasteiger charge is -2.12. The molecular weight excluding hydrogens is 320 g/mol. The number of para-hydroxylation sites is 4. The van der Waals surface area contributed by atoms with E-state index < -0.39 is 6.61 Å². The maximum absolute atomic E-state index is 12.3. The molecule has 24 heavy (non-hydrogen) atoms. The van der Waals surface area contributed by atoms with Gasteiger partial charge < -0.3 is 19.5 Å². The summed E-state index contributed by atoms with van der Waals surface area (Å²) in [6, 6.07) is 13.0. The Morgan fingerprint density at radius 3 is 2.33 bits per heavy atom. The van der Waals surface area contributed by atoms with Crippen LogP contribution >= 0.6 is 0 Å². The molecule has 0 spiro atoms. The van der Waals surface area contributed by atoms with Crippen LogP contribution < -0.4 is 19.5 Å². The molecule has 5 nitrogen and oxygen atoms in total. The van der Waals surface area contributed by atoms with E-state index in [1.807, 2.05) is 0 Å². The summed E-state index contributed by atoms with van der Waals surface area (Å²) >= 11 is 0. The highest BCUT2D eigenvalue weighted by Gasteiger charge is 2.12. The van der Waals surface area contributed by atoms with Crippen molar-refractivity contribution in [3.63, 3.8) is 0 Å². The molecule has 2 aromatic carbocycles. The van der Waals surface area contributed by atoms with Crippen LogP contribution in [0, 0.1) is 0 Å². The zero-order valence-electron chi connectivity index (χ0n) is 13.0. The van der Waals surface area contributed by atoms with E-state index in [1.165, 1.54) is 25.3 Å². The lowest BCUT2D eigenvalue weighted by molar-refractivity contribution is -0.116. The number of anilines is 1. The summed E-state index contributed by atoms with van der Waals surface area (Å²) in [4.78, 5) is 11.9. The second-order valence-corrected chi connectivity index (χ2v) is 4.67. The first-order valence-corrected chi connectivity index (χ1v) is 7.19. The SMILES string of the molecule is COc1ccccc1OCCC(=O)Nc1ccccc1OC(F)F. The number of halogens is 2. The Morgan fingerprint density at radius 2 is 1.67 bits per heavy atom. The number of benzene rings is 2. The number of methoxy groups -OCH3 is 1. The molecule has 0 unspecified atom stereocenters. The number of carbonyl (C=O) groups excluding carboxylic acids is 1. The molecule has 2 rings (SSSR count). The van der Waals surface area contributed by atoms with Crippen molar-refractivity contribution in [2.75, 3.05) is 19.0 Å². The van der Waals surface area contributed by atoms with Gasteiger partial charge in [-0.25, -0.2) is 0 Å². The van der Waals surface area contributed by atoms with Crippen LogP contribution in [0.5, 0.6) is 17.2 Å². The summed E-state index contributed by atoms with van der Waals surface area (Å²) < 4.78 is 39.7. The number of hydrogen-bond acceptors (Lipinski definition) is 4. The molecule has 0 atom stereocenters. The Kier molecular flexibility index (Phi) is 6.36. The van der Waals surface area contributed by atoms with Crippen molar-refractivity contribution in [2.24, 2.45) is 0 Å². The van der Waals surface area contributed by atoms with Gasteiger partial charge in [-0.15, -0.1) is 0 Å². The Morgan fingerprint density at radius 1 is 1.04 bits per heavy atom. The number of nitrogens with one attached hydrogen (secondary N) is 1. The van der Waals surface area contributed by atoms with E-state index in [9.17, 15) is 13.6 Å². The first-order valence-electron chi connectivity index (χ1n) is 7.19. The number of ether oxygens (including phenoxy) is 3. The van der Waals surface area contributed by atoms with Gasteiger partial charge in [-0.2, -0.15) is 8.78 Å². The smallest absolute Gasteiger partial charge is 0.387 e. The van der Waals surface area contributed by atoms with Crippen LogP contribution in [-0.4, -0.2) is 26.2 Å². The number of hydrogen-bond donors (Lipinski definition) is 1. The molecule has 0 fully saturated rings. The molecule has 0 radical (unpaired) electrons. The molecule has 128 valence electrons. The van der Waals surface area contributed by atoms with Gasteiger partial charge in [-0.3, -0.25) is 4.79 Å². The second kappa shape index (κ2) is 8.71. The van der Waals surface area contributed by atoms with E-state index in [-0.39, 0.29) is 30.4 Å². The van der Waals surface area contributed by atoms with Crippen molar-refractivity contribution < 1.29 is 27.8 Å². The lowest BCUT2D eigenvalue weighted by Crippen LogP contribution is -2.16. The van der Waals surface area contributed by atoms with E-state index in [4.69, 9.17) is 9.47 Å². The minimum absolute atomic E-state index is 0.0427. The number of amides is 1. The van der Waals surface area contributed by atoms with Gasteiger partial charge >= 0.3 is 6.61 Å². The highest BCUT2D eigenvalue weighted by molar-refractivity contribution is 5.92. The third kappa shape index (κ3) is 5.12. The summed E-state index contributed by atoms with van der Waals surface area (Å²) in [5.74, 6) is 0.615. The average Bonchev–Trinajstić information content (AvgIpc) is 2.56. The molecular formula is C17H17F2NO4. The summed E-state index contributed by atoms with van der Waals surface area (Å²) in [7, 11) is 1.52. The fourth-order valence-corrected chi connectivity index (χ4v) is 1.97. The van der Waals surface area contributed by atoms with Crippen LogP contribution in [0.2, 0.25) is 0 Å². The molecule has 0 bridgehead atoms. The largest absolute Gasteiger partial charge is 0.493 e. The number of alkyl halides is 2. The third-order valence-electron chi connectivity index (χ3n) is 3.03. The van der Waals surface area contributed by atoms with E-state index in [1.54, 1.807) is 30.3 Å². The third-order valence-corrected chi connectivity index (χ3v) is 3.03. The summed E-state index contributed by atoms with van der Waals surface area (Å²) in [6.45, 7) is -2.85. The minimum atomic E-state index is -2.96. The highest BCUT2D eigenvalue weighted by Crippen LogP contribution is 2.27. The topological polar surface area (TPSA) is 56.8 Å². The molecule has 2 aromatic rings. The molecule has 1 amide bonds. The van der Waals surface area contributed by atoms with Crippen molar-refractivity contribution in [3.05, 3.63) is 48.5 Å². The average molecular weight is 337 g/mol. The van der Waals surface area contributed by atoms with Crippen LogP contribution in [0.1, 0.15) is 6.42 Å². The maximum atomic E-state index is 12.3. The first kappa shape index (κ1) is 17.5. The van der Waals surface area contributed by atoms with E-state index >= 15 is 0 Å². The van der Waals surface area contributed by atoms with Gasteiger partial charge in [-0.05, 0) is 24.3 Å². The quantitative estimate of drug-likeness (QED) is 0.798. The predicted molar refractivity (Wildman–Crippen MR) is 84.8 cm³/mol. The molecule has 0 aliphatic rings. The van der Waals surface area contributed by atoms with Crippen molar-refractivity contribution in [2.45, 2.75) is 13.0 Å². The van der Waals surface area contributed by atoms with E-state index in [0.717, 1.165) is 0 Å². The summed E-state index contributed by atoms with van der Waals surface area (Å²) in [6.07, 6.45) is 0.0427. The van der Waals surface area contributed by atoms with Gasteiger partial charge in [0.15, 0.2) is 11.5 Å². The van der Waals surface area contributed by atoms with Crippen molar-refractivity contribution in [1.82, 2.24) is 0 Å². The Bertz CT molecular complexity index is 679. The molecule has 0 saturated heterocycles. The van der Waals surface area contributed by atoms with Crippen LogP contribution in [0.25, 0.3) is 0 Å². The molecule has 7 heteroatoms. The van der Waals surface area contributed by atoms with E-state index in [0.29, 0.717) is 11.5 Å². The van der Waals surface area contributed by atoms with Gasteiger partial charge in [0.25, 0.3) is 0 Å². The Balaban J connectivity index is 1.88. The van der Waals surface area contributed by atoms with Gasteiger partial charge in [0.2, 0.25) is 5.91 Å². The van der Waals surface area contributed by atoms with Crippen molar-refractivity contribution in [3.8, 4) is 17.2 Å². The highest BCUT2D eigenvalue weighted by atomic mass is 19.3. The monoisotopic (exact) mass is 337 g/mol. The molecule has 0 heterocycles. The van der Waals surface area contributed by atoms with Crippen LogP contribution in [0.15, 0.2) is 48.5 Å². The maximum Gasteiger partial charge on any atom is 0.387 e. The van der Waals surface area contributed by atoms with Crippen LogP contribution in [0.4, 0.5) is 14.5 Å². The van der Waals surface area contributed by atoms with Crippen LogP contribution in [0.3, 0.4) is 0 Å². The van der Waals surface area contributed by atoms with Crippen LogP contribution in [-0.2, 0) is 4.79 Å². The van der Waals surface area contributed by atoms with Gasteiger partial charge in [0.1, 0.15) is 5.75 Å². The van der Waals surface area contributed by atoms with Crippen molar-refractivity contribution in [1.29, 1.82) is 0 Å². The molecule has 0 aliphatic heterocycles. The molecule has 1 N–H and O–H groups in total. The number of carbonyl (C=O) groups is 1. The molecule has 0 saturated carbocycles. The van der Waals surface area contributed by atoms with Gasteiger partial charge in [-0.1, -0.05) is 24.3 Å². The van der Waals surface area contributed by atoms with E-state index in [2.05, 4.69) is 10.1 Å².